The SMILES string of the molecule is COC(=O)c1oc(-c2ccccc2)c(O)c1O. The van der Waals surface area contributed by atoms with Gasteiger partial charge in [0.1, 0.15) is 0 Å². The molecule has 1 aromatic heterocycles. The van der Waals surface area contributed by atoms with Crippen molar-refractivity contribution in [2.24, 2.45) is 0 Å². The average molecular weight is 234 g/mol. The van der Waals surface area contributed by atoms with E-state index in [0.29, 0.717) is 5.56 Å². The van der Waals surface area contributed by atoms with Gasteiger partial charge >= 0.3 is 5.97 Å². The number of methoxy groups -OCH3 is 1. The Bertz CT molecular complexity index is 542. The van der Waals surface area contributed by atoms with Gasteiger partial charge in [-0.15, -0.1) is 0 Å². The van der Waals surface area contributed by atoms with Gasteiger partial charge in [-0.3, -0.25) is 0 Å². The summed E-state index contributed by atoms with van der Waals surface area (Å²) in [5, 5.41) is 19.2. The predicted octanol–water partition coefficient (Wildman–Crippen LogP) is 2.14. The molecule has 0 bridgehead atoms. The second-order valence-electron chi connectivity index (χ2n) is 3.32. The quantitative estimate of drug-likeness (QED) is 0.778. The summed E-state index contributed by atoms with van der Waals surface area (Å²) in [5.41, 5.74) is 0.551. The molecule has 5 nitrogen and oxygen atoms in total. The van der Waals surface area contributed by atoms with E-state index in [9.17, 15) is 15.0 Å². The molecule has 0 aliphatic carbocycles. The standard InChI is InChI=1S/C12H10O5/c1-16-12(15)11-9(14)8(13)10(17-11)7-5-3-2-4-6-7/h2-6,13-14H,1H3. The summed E-state index contributed by atoms with van der Waals surface area (Å²) in [5.74, 6) is -2.32. The molecule has 1 heterocycles. The molecule has 0 radical (unpaired) electrons. The van der Waals surface area contributed by atoms with Gasteiger partial charge in [0.05, 0.1) is 7.11 Å². The van der Waals surface area contributed by atoms with E-state index in [1.807, 2.05) is 0 Å². The molecule has 0 unspecified atom stereocenters. The maximum absolute atomic E-state index is 11.2. The van der Waals surface area contributed by atoms with Crippen LogP contribution in [0.3, 0.4) is 0 Å². The van der Waals surface area contributed by atoms with Crippen LogP contribution >= 0.6 is 0 Å². The first-order chi connectivity index (χ1) is 8.15. The van der Waals surface area contributed by atoms with E-state index in [4.69, 9.17) is 4.42 Å². The Balaban J connectivity index is 2.54. The first-order valence-electron chi connectivity index (χ1n) is 4.83. The van der Waals surface area contributed by atoms with Crippen molar-refractivity contribution in [2.75, 3.05) is 7.11 Å². The lowest BCUT2D eigenvalue weighted by atomic mass is 10.1. The van der Waals surface area contributed by atoms with E-state index in [1.165, 1.54) is 0 Å². The van der Waals surface area contributed by atoms with E-state index >= 15 is 0 Å². The van der Waals surface area contributed by atoms with E-state index in [-0.39, 0.29) is 5.76 Å². The van der Waals surface area contributed by atoms with Crippen LogP contribution < -0.4 is 0 Å². The third kappa shape index (κ3) is 1.82. The zero-order chi connectivity index (χ0) is 12.4. The van der Waals surface area contributed by atoms with Crippen molar-refractivity contribution >= 4 is 5.97 Å². The highest BCUT2D eigenvalue weighted by molar-refractivity contribution is 5.92. The number of hydrogen-bond donors (Lipinski definition) is 2. The van der Waals surface area contributed by atoms with Crippen molar-refractivity contribution in [1.29, 1.82) is 0 Å². The topological polar surface area (TPSA) is 79.9 Å². The molecule has 2 rings (SSSR count). The zero-order valence-corrected chi connectivity index (χ0v) is 9.01. The number of benzene rings is 1. The summed E-state index contributed by atoms with van der Waals surface area (Å²) in [6.45, 7) is 0. The van der Waals surface area contributed by atoms with Crippen LogP contribution in [0, 0.1) is 0 Å². The van der Waals surface area contributed by atoms with Crippen molar-refractivity contribution < 1.29 is 24.2 Å². The van der Waals surface area contributed by atoms with Crippen LogP contribution in [0.25, 0.3) is 11.3 Å². The second kappa shape index (κ2) is 4.21. The third-order valence-corrected chi connectivity index (χ3v) is 2.27. The summed E-state index contributed by atoms with van der Waals surface area (Å²) in [4.78, 5) is 11.2. The summed E-state index contributed by atoms with van der Waals surface area (Å²) in [6, 6.07) is 8.64. The van der Waals surface area contributed by atoms with Crippen molar-refractivity contribution in [1.82, 2.24) is 0 Å². The molecule has 0 spiro atoms. The largest absolute Gasteiger partial charge is 0.502 e. The number of rotatable bonds is 2. The van der Waals surface area contributed by atoms with E-state index < -0.39 is 23.2 Å². The van der Waals surface area contributed by atoms with E-state index in [2.05, 4.69) is 4.74 Å². The van der Waals surface area contributed by atoms with Gasteiger partial charge in [-0.2, -0.15) is 0 Å². The molecule has 0 amide bonds. The fourth-order valence-corrected chi connectivity index (χ4v) is 1.43. The Hall–Kier alpha value is -2.43. The number of hydrogen-bond acceptors (Lipinski definition) is 5. The van der Waals surface area contributed by atoms with Gasteiger partial charge in [0, 0.05) is 5.56 Å². The number of carbonyl (C=O) groups excluding carboxylic acids is 1. The molecule has 1 aromatic carbocycles. The maximum atomic E-state index is 11.2. The van der Waals surface area contributed by atoms with Crippen LogP contribution in [0.15, 0.2) is 34.7 Å². The second-order valence-corrected chi connectivity index (χ2v) is 3.32. The van der Waals surface area contributed by atoms with E-state index in [0.717, 1.165) is 7.11 Å². The Morgan fingerprint density at radius 1 is 1.18 bits per heavy atom. The minimum atomic E-state index is -0.847. The van der Waals surface area contributed by atoms with Gasteiger partial charge in [-0.1, -0.05) is 30.3 Å². The number of carbonyl (C=O) groups is 1. The van der Waals surface area contributed by atoms with Gasteiger partial charge in [-0.25, -0.2) is 4.79 Å². The first kappa shape index (κ1) is 11.1. The highest BCUT2D eigenvalue weighted by atomic mass is 16.5. The molecule has 0 saturated carbocycles. The van der Waals surface area contributed by atoms with Gasteiger partial charge in [0.25, 0.3) is 5.76 Å². The Kier molecular flexibility index (Phi) is 2.74. The lowest BCUT2D eigenvalue weighted by Crippen LogP contribution is -1.98. The first-order valence-corrected chi connectivity index (χ1v) is 4.83. The van der Waals surface area contributed by atoms with Gasteiger partial charge in [0.15, 0.2) is 5.76 Å². The molecular formula is C12H10O5. The van der Waals surface area contributed by atoms with Crippen molar-refractivity contribution in [3.63, 3.8) is 0 Å². The summed E-state index contributed by atoms with van der Waals surface area (Å²) in [6.07, 6.45) is 0. The maximum Gasteiger partial charge on any atom is 0.378 e. The van der Waals surface area contributed by atoms with Crippen LogP contribution in [0.1, 0.15) is 10.6 Å². The molecule has 0 aliphatic heterocycles. The molecule has 0 fully saturated rings. The highest BCUT2D eigenvalue weighted by Crippen LogP contribution is 2.42. The lowest BCUT2D eigenvalue weighted by Gasteiger charge is -1.96. The average Bonchev–Trinajstić information content (AvgIpc) is 2.67. The molecule has 5 heteroatoms. The Labute approximate surface area is 96.9 Å². The Morgan fingerprint density at radius 3 is 2.41 bits per heavy atom. The normalized spacial score (nSPS) is 10.2. The van der Waals surface area contributed by atoms with Crippen molar-refractivity contribution in [3.8, 4) is 22.8 Å². The third-order valence-electron chi connectivity index (χ3n) is 2.27. The van der Waals surface area contributed by atoms with Crippen LogP contribution in [-0.2, 0) is 4.74 Å². The van der Waals surface area contributed by atoms with Crippen LogP contribution in [0.2, 0.25) is 0 Å². The molecule has 0 aliphatic rings. The minimum Gasteiger partial charge on any atom is -0.502 e. The number of furan rings is 1. The molecule has 17 heavy (non-hydrogen) atoms. The molecule has 0 atom stereocenters. The minimum absolute atomic E-state index is 0.0310. The summed E-state index contributed by atoms with van der Waals surface area (Å²) in [7, 11) is 1.16. The fourth-order valence-electron chi connectivity index (χ4n) is 1.43. The van der Waals surface area contributed by atoms with Gasteiger partial charge in [-0.05, 0) is 0 Å². The predicted molar refractivity (Wildman–Crippen MR) is 58.8 cm³/mol. The number of esters is 1. The molecular weight excluding hydrogens is 224 g/mol. The number of aromatic hydroxyl groups is 2. The van der Waals surface area contributed by atoms with Crippen LogP contribution in [0.4, 0.5) is 0 Å². The van der Waals surface area contributed by atoms with Gasteiger partial charge in [0.2, 0.25) is 11.5 Å². The van der Waals surface area contributed by atoms with Crippen molar-refractivity contribution in [3.05, 3.63) is 36.1 Å². The zero-order valence-electron chi connectivity index (χ0n) is 9.01. The lowest BCUT2D eigenvalue weighted by molar-refractivity contribution is 0.0561. The molecule has 2 N–H and O–H groups in total. The van der Waals surface area contributed by atoms with Gasteiger partial charge < -0.3 is 19.4 Å². The van der Waals surface area contributed by atoms with Crippen LogP contribution in [-0.4, -0.2) is 23.3 Å². The molecule has 0 saturated heterocycles. The molecule has 88 valence electrons. The summed E-state index contributed by atoms with van der Waals surface area (Å²) >= 11 is 0. The summed E-state index contributed by atoms with van der Waals surface area (Å²) < 4.78 is 9.53. The smallest absolute Gasteiger partial charge is 0.378 e. The van der Waals surface area contributed by atoms with E-state index in [1.54, 1.807) is 30.3 Å². The van der Waals surface area contributed by atoms with Crippen LogP contribution in [0.5, 0.6) is 11.5 Å². The van der Waals surface area contributed by atoms with Crippen molar-refractivity contribution in [2.45, 2.75) is 0 Å². The molecule has 2 aromatic rings. The fraction of sp³-hybridized carbons (Fsp3) is 0.0833. The monoisotopic (exact) mass is 234 g/mol. The Morgan fingerprint density at radius 2 is 1.82 bits per heavy atom. The highest BCUT2D eigenvalue weighted by Gasteiger charge is 2.25. The number of ether oxygens (including phenoxy) is 1.